The Hall–Kier alpha value is -0.810. The number of likely N-dealkylation sites (tertiary alicyclic amines) is 1. The van der Waals surface area contributed by atoms with Crippen molar-refractivity contribution < 1.29 is 14.6 Å². The second-order valence-electron chi connectivity index (χ2n) is 9.10. The molecule has 5 heteroatoms. The summed E-state index contributed by atoms with van der Waals surface area (Å²) < 4.78 is 5.47. The Kier molecular flexibility index (Phi) is 6.19. The minimum atomic E-state index is -0.440. The molecule has 24 heavy (non-hydrogen) atoms. The molecule has 2 fully saturated rings. The van der Waals surface area contributed by atoms with E-state index in [9.17, 15) is 9.90 Å². The lowest BCUT2D eigenvalue weighted by atomic mass is 9.74. The van der Waals surface area contributed by atoms with Crippen LogP contribution in [0.4, 0.5) is 4.79 Å². The fraction of sp³-hybridized carbons (Fsp3) is 0.947. The third kappa shape index (κ3) is 5.35. The number of piperidine rings is 1. The predicted molar refractivity (Wildman–Crippen MR) is 96.1 cm³/mol. The van der Waals surface area contributed by atoms with Crippen LogP contribution in [0.25, 0.3) is 0 Å². The van der Waals surface area contributed by atoms with Gasteiger partial charge in [0.15, 0.2) is 0 Å². The molecule has 0 aromatic heterocycles. The van der Waals surface area contributed by atoms with Gasteiger partial charge in [-0.2, -0.15) is 0 Å². The number of aliphatic hydroxyl groups is 1. The maximum absolute atomic E-state index is 12.2. The van der Waals surface area contributed by atoms with E-state index in [4.69, 9.17) is 4.74 Å². The number of nitrogens with one attached hydrogen (secondary N) is 1. The lowest BCUT2D eigenvalue weighted by molar-refractivity contribution is 0.0133. The van der Waals surface area contributed by atoms with Crippen molar-refractivity contribution in [3.63, 3.8) is 0 Å². The Morgan fingerprint density at radius 1 is 1.12 bits per heavy atom. The van der Waals surface area contributed by atoms with Crippen LogP contribution < -0.4 is 5.32 Å². The summed E-state index contributed by atoms with van der Waals surface area (Å²) in [7, 11) is 0. The van der Waals surface area contributed by atoms with Crippen LogP contribution in [-0.2, 0) is 4.74 Å². The molecule has 0 bridgehead atoms. The van der Waals surface area contributed by atoms with E-state index in [2.05, 4.69) is 12.2 Å². The molecule has 0 aromatic carbocycles. The highest BCUT2D eigenvalue weighted by Crippen LogP contribution is 2.36. The summed E-state index contributed by atoms with van der Waals surface area (Å²) in [5, 5.41) is 13.6. The van der Waals surface area contributed by atoms with Crippen molar-refractivity contribution in [2.75, 3.05) is 26.2 Å². The zero-order valence-corrected chi connectivity index (χ0v) is 16.0. The lowest BCUT2D eigenvalue weighted by Crippen LogP contribution is -2.56. The summed E-state index contributed by atoms with van der Waals surface area (Å²) in [4.78, 5) is 14.0. The van der Waals surface area contributed by atoms with E-state index in [-0.39, 0.29) is 23.7 Å². The first-order valence-corrected chi connectivity index (χ1v) is 9.51. The number of carbonyl (C=O) groups is 1. The first-order valence-electron chi connectivity index (χ1n) is 9.51. The zero-order chi connectivity index (χ0) is 17.8. The van der Waals surface area contributed by atoms with Gasteiger partial charge in [0.2, 0.25) is 0 Å². The minimum Gasteiger partial charge on any atom is -0.444 e. The van der Waals surface area contributed by atoms with Crippen molar-refractivity contribution in [2.45, 2.75) is 83.8 Å². The molecule has 0 spiro atoms. The van der Waals surface area contributed by atoms with Gasteiger partial charge in [-0.15, -0.1) is 0 Å². The molecule has 140 valence electrons. The molecule has 1 heterocycles. The van der Waals surface area contributed by atoms with Gasteiger partial charge in [0, 0.05) is 37.2 Å². The monoisotopic (exact) mass is 340 g/mol. The molecule has 1 saturated carbocycles. The molecule has 1 aliphatic carbocycles. The first kappa shape index (κ1) is 19.5. The van der Waals surface area contributed by atoms with Gasteiger partial charge in [0.05, 0.1) is 0 Å². The summed E-state index contributed by atoms with van der Waals surface area (Å²) in [6.07, 6.45) is 7.64. The van der Waals surface area contributed by atoms with E-state index in [1.807, 2.05) is 25.7 Å². The first-order chi connectivity index (χ1) is 11.2. The molecule has 2 N–H and O–H groups in total. The molecular formula is C19H36N2O3. The lowest BCUT2D eigenvalue weighted by Gasteiger charge is -2.44. The molecular weight excluding hydrogens is 304 g/mol. The van der Waals surface area contributed by atoms with Gasteiger partial charge in [0.1, 0.15) is 5.60 Å². The Morgan fingerprint density at radius 3 is 2.21 bits per heavy atom. The van der Waals surface area contributed by atoms with Gasteiger partial charge in [-0.25, -0.2) is 4.79 Å². The van der Waals surface area contributed by atoms with Crippen LogP contribution in [0, 0.1) is 5.41 Å². The average Bonchev–Trinajstić information content (AvgIpc) is 2.53. The highest BCUT2D eigenvalue weighted by molar-refractivity contribution is 5.68. The number of carbonyl (C=O) groups excluding carboxylic acids is 1. The number of rotatable bonds is 4. The molecule has 2 rings (SSSR count). The van der Waals surface area contributed by atoms with Crippen LogP contribution in [0.2, 0.25) is 0 Å². The largest absolute Gasteiger partial charge is 0.444 e. The van der Waals surface area contributed by atoms with Crippen LogP contribution >= 0.6 is 0 Å². The zero-order valence-electron chi connectivity index (χ0n) is 16.0. The summed E-state index contributed by atoms with van der Waals surface area (Å²) >= 11 is 0. The normalized spacial score (nSPS) is 23.8. The molecule has 2 aliphatic rings. The molecule has 0 radical (unpaired) electrons. The van der Waals surface area contributed by atoms with Crippen LogP contribution in [-0.4, -0.2) is 53.5 Å². The van der Waals surface area contributed by atoms with Crippen molar-refractivity contribution in [1.29, 1.82) is 0 Å². The third-order valence-electron chi connectivity index (χ3n) is 5.66. The van der Waals surface area contributed by atoms with E-state index >= 15 is 0 Å². The van der Waals surface area contributed by atoms with Gasteiger partial charge in [0.25, 0.3) is 0 Å². The van der Waals surface area contributed by atoms with Crippen LogP contribution in [0.3, 0.4) is 0 Å². The molecule has 1 saturated heterocycles. The number of hydrogen-bond donors (Lipinski definition) is 2. The summed E-state index contributed by atoms with van der Waals surface area (Å²) in [5.74, 6) is 0. The van der Waals surface area contributed by atoms with Gasteiger partial charge in [-0.3, -0.25) is 0 Å². The number of hydrogen-bond acceptors (Lipinski definition) is 4. The average molecular weight is 341 g/mol. The quantitative estimate of drug-likeness (QED) is 0.824. The van der Waals surface area contributed by atoms with E-state index in [0.717, 1.165) is 45.3 Å². The summed E-state index contributed by atoms with van der Waals surface area (Å²) in [6.45, 7) is 10.6. The number of nitrogens with zero attached hydrogens (tertiary/aromatic N) is 1. The summed E-state index contributed by atoms with van der Waals surface area (Å²) in [6, 6.07) is 0. The number of amides is 1. The Bertz CT molecular complexity index is 417. The van der Waals surface area contributed by atoms with Crippen molar-refractivity contribution in [3.05, 3.63) is 0 Å². The maximum atomic E-state index is 12.2. The molecule has 1 aliphatic heterocycles. The number of aliphatic hydroxyl groups excluding tert-OH is 1. The van der Waals surface area contributed by atoms with Crippen molar-refractivity contribution in [3.8, 4) is 0 Å². The SMILES string of the molecule is CC1(NCC2(CO)CCCCC2)CCN(C(=O)OC(C)(C)C)CC1. The number of ether oxygens (including phenoxy) is 1. The molecule has 5 nitrogen and oxygen atoms in total. The van der Waals surface area contributed by atoms with Gasteiger partial charge in [-0.1, -0.05) is 19.3 Å². The third-order valence-corrected chi connectivity index (χ3v) is 5.66. The van der Waals surface area contributed by atoms with E-state index in [1.165, 1.54) is 19.3 Å². The van der Waals surface area contributed by atoms with Crippen LogP contribution in [0.5, 0.6) is 0 Å². The second-order valence-corrected chi connectivity index (χ2v) is 9.10. The van der Waals surface area contributed by atoms with Gasteiger partial charge in [-0.05, 0) is 53.4 Å². The Balaban J connectivity index is 1.82. The molecule has 1 amide bonds. The fourth-order valence-electron chi connectivity index (χ4n) is 3.78. The maximum Gasteiger partial charge on any atom is 0.410 e. The highest BCUT2D eigenvalue weighted by atomic mass is 16.6. The standard InChI is InChI=1S/C19H36N2O3/c1-17(2,3)24-16(23)21-12-10-18(4,11-13-21)20-14-19(15-22)8-6-5-7-9-19/h20,22H,5-15H2,1-4H3. The van der Waals surface area contributed by atoms with E-state index in [1.54, 1.807) is 0 Å². The Morgan fingerprint density at radius 2 is 1.71 bits per heavy atom. The highest BCUT2D eigenvalue weighted by Gasteiger charge is 2.37. The van der Waals surface area contributed by atoms with E-state index in [0.29, 0.717) is 0 Å². The van der Waals surface area contributed by atoms with Crippen molar-refractivity contribution in [2.24, 2.45) is 5.41 Å². The van der Waals surface area contributed by atoms with Crippen LogP contribution in [0.1, 0.15) is 72.6 Å². The van der Waals surface area contributed by atoms with Gasteiger partial charge < -0.3 is 20.1 Å². The molecule has 0 unspecified atom stereocenters. The molecule has 0 aromatic rings. The fourth-order valence-corrected chi connectivity index (χ4v) is 3.78. The topological polar surface area (TPSA) is 61.8 Å². The van der Waals surface area contributed by atoms with Crippen molar-refractivity contribution in [1.82, 2.24) is 10.2 Å². The Labute approximate surface area is 147 Å². The smallest absolute Gasteiger partial charge is 0.410 e. The van der Waals surface area contributed by atoms with E-state index < -0.39 is 5.60 Å². The minimum absolute atomic E-state index is 0.0398. The van der Waals surface area contributed by atoms with Crippen molar-refractivity contribution >= 4 is 6.09 Å². The second kappa shape index (κ2) is 7.61. The van der Waals surface area contributed by atoms with Gasteiger partial charge >= 0.3 is 6.09 Å². The predicted octanol–water partition coefficient (Wildman–Crippen LogP) is 3.31. The van der Waals surface area contributed by atoms with Crippen LogP contribution in [0.15, 0.2) is 0 Å². The molecule has 0 atom stereocenters. The summed E-state index contributed by atoms with van der Waals surface area (Å²) in [5.41, 5.74) is -0.341.